The predicted molar refractivity (Wildman–Crippen MR) is 123 cm³/mol. The minimum absolute atomic E-state index is 0.0459. The van der Waals surface area contributed by atoms with Crippen molar-refractivity contribution in [1.82, 2.24) is 10.2 Å². The molecular formula is C26H28N2O6. The molecule has 2 N–H and O–H groups in total. The van der Waals surface area contributed by atoms with Gasteiger partial charge in [0.15, 0.2) is 0 Å². The number of alkyl carbamates (subject to hydrolysis) is 1. The zero-order valence-electron chi connectivity index (χ0n) is 18.9. The van der Waals surface area contributed by atoms with Gasteiger partial charge in [-0.05, 0) is 35.1 Å². The van der Waals surface area contributed by atoms with E-state index in [1.54, 1.807) is 4.90 Å². The second-order valence-electron chi connectivity index (χ2n) is 9.26. The molecule has 2 heterocycles. The molecule has 2 aromatic carbocycles. The molecular weight excluding hydrogens is 436 g/mol. The Kier molecular flexibility index (Phi) is 6.00. The van der Waals surface area contributed by atoms with E-state index in [4.69, 9.17) is 9.47 Å². The summed E-state index contributed by atoms with van der Waals surface area (Å²) in [5.41, 5.74) is 3.27. The first-order valence-electron chi connectivity index (χ1n) is 11.7. The van der Waals surface area contributed by atoms with E-state index in [0.717, 1.165) is 22.3 Å². The van der Waals surface area contributed by atoms with Gasteiger partial charge in [-0.15, -0.1) is 0 Å². The van der Waals surface area contributed by atoms with Crippen LogP contribution in [0.4, 0.5) is 4.79 Å². The van der Waals surface area contributed by atoms with E-state index in [-0.39, 0.29) is 31.6 Å². The first-order chi connectivity index (χ1) is 16.5. The maximum absolute atomic E-state index is 13.4. The van der Waals surface area contributed by atoms with E-state index in [1.807, 2.05) is 36.4 Å². The Morgan fingerprint density at radius 2 is 1.76 bits per heavy atom. The molecule has 2 aliphatic heterocycles. The lowest BCUT2D eigenvalue weighted by Gasteiger charge is -2.37. The van der Waals surface area contributed by atoms with Crippen LogP contribution >= 0.6 is 0 Å². The summed E-state index contributed by atoms with van der Waals surface area (Å²) < 4.78 is 11.1. The molecule has 0 spiro atoms. The average molecular weight is 465 g/mol. The summed E-state index contributed by atoms with van der Waals surface area (Å²) in [6, 6.07) is 16.2. The molecule has 2 aromatic rings. The van der Waals surface area contributed by atoms with Gasteiger partial charge in [0.05, 0.1) is 12.5 Å². The first-order valence-corrected chi connectivity index (χ1v) is 11.7. The number of carbonyl (C=O) groups is 3. The van der Waals surface area contributed by atoms with E-state index < -0.39 is 23.5 Å². The number of nitrogens with one attached hydrogen (secondary N) is 1. The fourth-order valence-corrected chi connectivity index (χ4v) is 5.38. The van der Waals surface area contributed by atoms with Crippen LogP contribution in [0.15, 0.2) is 48.5 Å². The monoisotopic (exact) mass is 464 g/mol. The molecule has 8 nitrogen and oxygen atoms in total. The van der Waals surface area contributed by atoms with E-state index in [0.29, 0.717) is 32.4 Å². The van der Waals surface area contributed by atoms with Crippen molar-refractivity contribution in [3.63, 3.8) is 0 Å². The van der Waals surface area contributed by atoms with Crippen LogP contribution in [-0.4, -0.2) is 66.4 Å². The third-order valence-electron chi connectivity index (χ3n) is 7.17. The van der Waals surface area contributed by atoms with Gasteiger partial charge in [0.2, 0.25) is 0 Å². The standard InChI is InChI=1S/C26H28N2O6/c29-23(30)17-6-5-12-28(14-17)24(31)26(11-13-33-16-26)27-25(32)34-15-22-20-9-3-1-7-18(20)19-8-2-4-10-21(19)22/h1-4,7-10,17,22H,5-6,11-16H2,(H,27,32)(H,29,30). The lowest BCUT2D eigenvalue weighted by Crippen LogP contribution is -2.62. The number of likely N-dealkylation sites (tertiary alicyclic amines) is 1. The topological polar surface area (TPSA) is 105 Å². The molecule has 2 saturated heterocycles. The largest absolute Gasteiger partial charge is 0.481 e. The van der Waals surface area contributed by atoms with E-state index >= 15 is 0 Å². The maximum atomic E-state index is 13.4. The number of carboxylic acid groups (broad SMARTS) is 1. The summed E-state index contributed by atoms with van der Waals surface area (Å²) in [6.07, 6.45) is 0.810. The summed E-state index contributed by atoms with van der Waals surface area (Å²) in [7, 11) is 0. The molecule has 3 aliphatic rings. The molecule has 0 bridgehead atoms. The number of carbonyl (C=O) groups excluding carboxylic acids is 2. The number of aliphatic carboxylic acids is 1. The van der Waals surface area contributed by atoms with Gasteiger partial charge in [-0.2, -0.15) is 0 Å². The van der Waals surface area contributed by atoms with Crippen LogP contribution in [0.1, 0.15) is 36.3 Å². The zero-order chi connectivity index (χ0) is 23.7. The average Bonchev–Trinajstić information content (AvgIpc) is 3.46. The number of hydrogen-bond acceptors (Lipinski definition) is 5. The van der Waals surface area contributed by atoms with Crippen molar-refractivity contribution in [3.8, 4) is 11.1 Å². The van der Waals surface area contributed by atoms with E-state index in [1.165, 1.54) is 0 Å². The molecule has 0 saturated carbocycles. The highest BCUT2D eigenvalue weighted by atomic mass is 16.6. The Balaban J connectivity index is 1.28. The third-order valence-corrected chi connectivity index (χ3v) is 7.17. The second kappa shape index (κ2) is 9.10. The summed E-state index contributed by atoms with van der Waals surface area (Å²) in [6.45, 7) is 1.14. The number of rotatable bonds is 5. The summed E-state index contributed by atoms with van der Waals surface area (Å²) in [4.78, 5) is 39.3. The van der Waals surface area contributed by atoms with Gasteiger partial charge in [-0.1, -0.05) is 48.5 Å². The Morgan fingerprint density at radius 3 is 2.38 bits per heavy atom. The minimum atomic E-state index is -1.23. The maximum Gasteiger partial charge on any atom is 0.408 e. The molecule has 178 valence electrons. The molecule has 0 aromatic heterocycles. The molecule has 5 rings (SSSR count). The highest BCUT2D eigenvalue weighted by Crippen LogP contribution is 2.44. The molecule has 8 heteroatoms. The number of piperidine rings is 1. The van der Waals surface area contributed by atoms with Gasteiger partial charge in [0.25, 0.3) is 5.91 Å². The van der Waals surface area contributed by atoms with Crippen molar-refractivity contribution in [2.45, 2.75) is 30.7 Å². The number of ether oxygens (including phenoxy) is 2. The third kappa shape index (κ3) is 4.03. The van der Waals surface area contributed by atoms with Crippen LogP contribution in [0.2, 0.25) is 0 Å². The number of fused-ring (bicyclic) bond motifs is 3. The van der Waals surface area contributed by atoms with E-state index in [9.17, 15) is 19.5 Å². The fourth-order valence-electron chi connectivity index (χ4n) is 5.38. The normalized spacial score (nSPS) is 23.8. The van der Waals surface area contributed by atoms with Crippen LogP contribution in [0.5, 0.6) is 0 Å². The highest BCUT2D eigenvalue weighted by molar-refractivity contribution is 5.91. The second-order valence-corrected chi connectivity index (χ2v) is 9.26. The van der Waals surface area contributed by atoms with Crippen LogP contribution in [-0.2, 0) is 19.1 Å². The van der Waals surface area contributed by atoms with Gasteiger partial charge >= 0.3 is 12.1 Å². The molecule has 2 unspecified atom stereocenters. The lowest BCUT2D eigenvalue weighted by molar-refractivity contribution is -0.147. The van der Waals surface area contributed by atoms with Gasteiger partial charge < -0.3 is 24.8 Å². The molecule has 2 fully saturated rings. The van der Waals surface area contributed by atoms with Gasteiger partial charge in [0, 0.05) is 32.0 Å². The van der Waals surface area contributed by atoms with Crippen molar-refractivity contribution in [1.29, 1.82) is 0 Å². The van der Waals surface area contributed by atoms with Crippen LogP contribution in [0, 0.1) is 5.92 Å². The van der Waals surface area contributed by atoms with Crippen molar-refractivity contribution >= 4 is 18.0 Å². The number of nitrogens with zero attached hydrogens (tertiary/aromatic N) is 1. The van der Waals surface area contributed by atoms with Gasteiger partial charge in [-0.3, -0.25) is 9.59 Å². The number of benzene rings is 2. The number of carboxylic acids is 1. The van der Waals surface area contributed by atoms with Crippen molar-refractivity contribution in [2.24, 2.45) is 5.92 Å². The van der Waals surface area contributed by atoms with Crippen molar-refractivity contribution in [2.75, 3.05) is 32.9 Å². The SMILES string of the molecule is O=C(NC1(C(=O)N2CCCC(C(=O)O)C2)CCOC1)OCC1c2ccccc2-c2ccccc21. The smallest absolute Gasteiger partial charge is 0.408 e. The molecule has 2 atom stereocenters. The zero-order valence-corrected chi connectivity index (χ0v) is 18.9. The summed E-state index contributed by atoms with van der Waals surface area (Å²) in [5.74, 6) is -1.88. The minimum Gasteiger partial charge on any atom is -0.481 e. The quantitative estimate of drug-likeness (QED) is 0.705. The molecule has 2 amide bonds. The van der Waals surface area contributed by atoms with Crippen LogP contribution in [0.25, 0.3) is 11.1 Å². The van der Waals surface area contributed by atoms with E-state index in [2.05, 4.69) is 17.4 Å². The van der Waals surface area contributed by atoms with Crippen molar-refractivity contribution < 1.29 is 29.0 Å². The molecule has 34 heavy (non-hydrogen) atoms. The number of hydrogen-bond donors (Lipinski definition) is 2. The summed E-state index contributed by atoms with van der Waals surface area (Å²) in [5, 5.41) is 12.2. The molecule has 1 aliphatic carbocycles. The van der Waals surface area contributed by atoms with Crippen molar-refractivity contribution in [3.05, 3.63) is 59.7 Å². The Hall–Kier alpha value is -3.39. The Labute approximate surface area is 197 Å². The highest BCUT2D eigenvalue weighted by Gasteiger charge is 2.47. The predicted octanol–water partition coefficient (Wildman–Crippen LogP) is 3.01. The molecule has 0 radical (unpaired) electrons. The Bertz CT molecular complexity index is 1060. The van der Waals surface area contributed by atoms with Crippen LogP contribution in [0.3, 0.4) is 0 Å². The van der Waals surface area contributed by atoms with Crippen LogP contribution < -0.4 is 5.32 Å². The lowest BCUT2D eigenvalue weighted by atomic mass is 9.92. The summed E-state index contributed by atoms with van der Waals surface area (Å²) >= 11 is 0. The van der Waals surface area contributed by atoms with Gasteiger partial charge in [0.1, 0.15) is 12.1 Å². The fraction of sp³-hybridized carbons (Fsp3) is 0.423. The Morgan fingerprint density at radius 1 is 1.09 bits per heavy atom. The van der Waals surface area contributed by atoms with Gasteiger partial charge in [-0.25, -0.2) is 4.79 Å². The first kappa shape index (κ1) is 22.4. The number of amides is 2.